The molecule has 2 N–H and O–H groups in total. The Labute approximate surface area is 103 Å². The molecule has 2 rings (SSSR count). The lowest BCUT2D eigenvalue weighted by atomic mass is 9.88. The van der Waals surface area contributed by atoms with Crippen molar-refractivity contribution >= 4 is 5.97 Å². The van der Waals surface area contributed by atoms with Gasteiger partial charge in [0.25, 0.3) is 0 Å². The zero-order chi connectivity index (χ0) is 12.5. The van der Waals surface area contributed by atoms with E-state index >= 15 is 0 Å². The quantitative estimate of drug-likeness (QED) is 0.757. The van der Waals surface area contributed by atoms with Crippen LogP contribution in [0, 0.1) is 11.8 Å². The Morgan fingerprint density at radius 3 is 2.71 bits per heavy atom. The summed E-state index contributed by atoms with van der Waals surface area (Å²) >= 11 is 0. The van der Waals surface area contributed by atoms with Crippen molar-refractivity contribution in [2.24, 2.45) is 11.8 Å². The molecule has 98 valence electrons. The number of hydrogen-bond donors (Lipinski definition) is 2. The van der Waals surface area contributed by atoms with E-state index in [1.807, 2.05) is 14.0 Å². The van der Waals surface area contributed by atoms with Gasteiger partial charge in [-0.05, 0) is 64.6 Å². The first-order chi connectivity index (χ1) is 8.09. The van der Waals surface area contributed by atoms with Gasteiger partial charge in [0.1, 0.15) is 5.54 Å². The van der Waals surface area contributed by atoms with Gasteiger partial charge in [-0.1, -0.05) is 0 Å². The van der Waals surface area contributed by atoms with Crippen molar-refractivity contribution in [2.45, 2.75) is 38.1 Å². The summed E-state index contributed by atoms with van der Waals surface area (Å²) in [6.45, 7) is 4.80. The van der Waals surface area contributed by atoms with E-state index in [9.17, 15) is 9.90 Å². The molecule has 0 aromatic heterocycles. The Morgan fingerprint density at radius 2 is 2.18 bits per heavy atom. The van der Waals surface area contributed by atoms with Gasteiger partial charge in [-0.2, -0.15) is 0 Å². The molecule has 1 aliphatic heterocycles. The highest BCUT2D eigenvalue weighted by Gasteiger charge is 2.52. The molecule has 17 heavy (non-hydrogen) atoms. The van der Waals surface area contributed by atoms with Crippen LogP contribution in [0.5, 0.6) is 0 Å². The van der Waals surface area contributed by atoms with E-state index in [2.05, 4.69) is 10.2 Å². The summed E-state index contributed by atoms with van der Waals surface area (Å²) in [4.78, 5) is 13.8. The number of nitrogens with one attached hydrogen (secondary N) is 1. The Bertz CT molecular complexity index is 289. The number of piperidine rings is 1. The highest BCUT2D eigenvalue weighted by Crippen LogP contribution is 2.44. The summed E-state index contributed by atoms with van der Waals surface area (Å²) in [6, 6.07) is 0. The minimum absolute atomic E-state index is 0.369. The van der Waals surface area contributed by atoms with Crippen molar-refractivity contribution in [3.05, 3.63) is 0 Å². The zero-order valence-corrected chi connectivity index (χ0v) is 10.9. The maximum absolute atomic E-state index is 11.6. The highest BCUT2D eigenvalue weighted by molar-refractivity contribution is 5.79. The van der Waals surface area contributed by atoms with Crippen LogP contribution in [0.1, 0.15) is 32.6 Å². The molecule has 0 spiro atoms. The molecule has 0 radical (unpaired) electrons. The van der Waals surface area contributed by atoms with Crippen molar-refractivity contribution in [3.8, 4) is 0 Å². The molecule has 0 aromatic carbocycles. The van der Waals surface area contributed by atoms with E-state index in [0.29, 0.717) is 11.8 Å². The van der Waals surface area contributed by atoms with E-state index in [4.69, 9.17) is 0 Å². The maximum atomic E-state index is 11.6. The standard InChI is InChI=1S/C13H24N2O2/c1-13(12(16)17,11-5-6-11)15-7-3-4-10(9-15)8-14-2/h10-11,14H,3-9H2,1-2H3,(H,16,17). The minimum Gasteiger partial charge on any atom is -0.480 e. The van der Waals surface area contributed by atoms with E-state index in [1.54, 1.807) is 0 Å². The number of carboxylic acids is 1. The molecule has 0 amide bonds. The third-order valence-electron chi connectivity index (χ3n) is 4.47. The number of likely N-dealkylation sites (tertiary alicyclic amines) is 1. The normalized spacial score (nSPS) is 29.9. The summed E-state index contributed by atoms with van der Waals surface area (Å²) in [5, 5.41) is 12.8. The number of hydrogen-bond acceptors (Lipinski definition) is 3. The summed E-state index contributed by atoms with van der Waals surface area (Å²) in [5.74, 6) is 0.338. The number of carboxylic acid groups (broad SMARTS) is 1. The number of carbonyl (C=O) groups is 1. The molecule has 1 saturated heterocycles. The van der Waals surface area contributed by atoms with Crippen molar-refractivity contribution in [2.75, 3.05) is 26.7 Å². The fourth-order valence-electron chi connectivity index (χ4n) is 3.16. The SMILES string of the molecule is CNCC1CCCN(C(C)(C(=O)O)C2CC2)C1. The average Bonchev–Trinajstić information content (AvgIpc) is 3.12. The number of nitrogens with zero attached hydrogens (tertiary/aromatic N) is 1. The van der Waals surface area contributed by atoms with Gasteiger partial charge in [-0.15, -0.1) is 0 Å². The Kier molecular flexibility index (Phi) is 3.73. The Hall–Kier alpha value is -0.610. The highest BCUT2D eigenvalue weighted by atomic mass is 16.4. The summed E-state index contributed by atoms with van der Waals surface area (Å²) in [6.07, 6.45) is 4.51. The molecule has 0 bridgehead atoms. The van der Waals surface area contributed by atoms with E-state index in [-0.39, 0.29) is 0 Å². The van der Waals surface area contributed by atoms with Gasteiger partial charge in [0.2, 0.25) is 0 Å². The van der Waals surface area contributed by atoms with E-state index < -0.39 is 11.5 Å². The maximum Gasteiger partial charge on any atom is 0.324 e. The van der Waals surface area contributed by atoms with Gasteiger partial charge in [-0.25, -0.2) is 0 Å². The van der Waals surface area contributed by atoms with Crippen LogP contribution in [-0.4, -0.2) is 48.2 Å². The van der Waals surface area contributed by atoms with Crippen LogP contribution in [0.15, 0.2) is 0 Å². The van der Waals surface area contributed by atoms with Crippen molar-refractivity contribution in [1.29, 1.82) is 0 Å². The molecule has 1 saturated carbocycles. The van der Waals surface area contributed by atoms with E-state index in [1.165, 1.54) is 6.42 Å². The lowest BCUT2D eigenvalue weighted by Gasteiger charge is -2.43. The van der Waals surface area contributed by atoms with Crippen molar-refractivity contribution < 1.29 is 9.90 Å². The van der Waals surface area contributed by atoms with Gasteiger partial charge < -0.3 is 10.4 Å². The molecule has 2 aliphatic rings. The first kappa shape index (κ1) is 12.8. The lowest BCUT2D eigenvalue weighted by Crippen LogP contribution is -2.58. The Morgan fingerprint density at radius 1 is 1.47 bits per heavy atom. The molecule has 4 nitrogen and oxygen atoms in total. The van der Waals surface area contributed by atoms with Gasteiger partial charge in [0, 0.05) is 6.54 Å². The smallest absolute Gasteiger partial charge is 0.324 e. The second kappa shape index (κ2) is 4.94. The molecule has 2 atom stereocenters. The third-order valence-corrected chi connectivity index (χ3v) is 4.47. The third kappa shape index (κ3) is 2.47. The van der Waals surface area contributed by atoms with E-state index in [0.717, 1.165) is 38.9 Å². The molecule has 4 heteroatoms. The van der Waals surface area contributed by atoms with Crippen molar-refractivity contribution in [3.63, 3.8) is 0 Å². The summed E-state index contributed by atoms with van der Waals surface area (Å²) in [5.41, 5.74) is -0.619. The van der Waals surface area contributed by atoms with Crippen LogP contribution in [0.2, 0.25) is 0 Å². The fraction of sp³-hybridized carbons (Fsp3) is 0.923. The molecular weight excluding hydrogens is 216 g/mol. The topological polar surface area (TPSA) is 52.6 Å². The first-order valence-electron chi connectivity index (χ1n) is 6.72. The predicted octanol–water partition coefficient (Wildman–Crippen LogP) is 1.17. The number of rotatable bonds is 5. The monoisotopic (exact) mass is 240 g/mol. The van der Waals surface area contributed by atoms with Gasteiger partial charge in [-0.3, -0.25) is 9.69 Å². The second-order valence-electron chi connectivity index (χ2n) is 5.74. The molecule has 2 fully saturated rings. The van der Waals surface area contributed by atoms with Crippen LogP contribution < -0.4 is 5.32 Å². The number of aliphatic carboxylic acids is 1. The largest absolute Gasteiger partial charge is 0.480 e. The molecule has 1 aliphatic carbocycles. The first-order valence-corrected chi connectivity index (χ1v) is 6.72. The van der Waals surface area contributed by atoms with Gasteiger partial charge >= 0.3 is 5.97 Å². The van der Waals surface area contributed by atoms with Crippen molar-refractivity contribution in [1.82, 2.24) is 10.2 Å². The molecule has 0 aromatic rings. The van der Waals surface area contributed by atoms with Crippen LogP contribution in [0.3, 0.4) is 0 Å². The predicted molar refractivity (Wildman–Crippen MR) is 67.0 cm³/mol. The lowest BCUT2D eigenvalue weighted by molar-refractivity contribution is -0.153. The molecular formula is C13H24N2O2. The fourth-order valence-corrected chi connectivity index (χ4v) is 3.16. The average molecular weight is 240 g/mol. The van der Waals surface area contributed by atoms with Crippen LogP contribution in [0.25, 0.3) is 0 Å². The molecule has 2 unspecified atom stereocenters. The zero-order valence-electron chi connectivity index (χ0n) is 10.9. The summed E-state index contributed by atoms with van der Waals surface area (Å²) < 4.78 is 0. The van der Waals surface area contributed by atoms with Gasteiger partial charge in [0.05, 0.1) is 0 Å². The van der Waals surface area contributed by atoms with Crippen LogP contribution in [0.4, 0.5) is 0 Å². The van der Waals surface area contributed by atoms with Crippen LogP contribution in [-0.2, 0) is 4.79 Å². The minimum atomic E-state index is -0.634. The van der Waals surface area contributed by atoms with Crippen LogP contribution >= 0.6 is 0 Å². The second-order valence-corrected chi connectivity index (χ2v) is 5.74. The van der Waals surface area contributed by atoms with Gasteiger partial charge in [0.15, 0.2) is 0 Å². The molecule has 1 heterocycles. The Balaban J connectivity index is 2.05. The summed E-state index contributed by atoms with van der Waals surface area (Å²) in [7, 11) is 1.97.